The van der Waals surface area contributed by atoms with E-state index in [1.54, 1.807) is 32.2 Å². The minimum Gasteiger partial charge on any atom is -0.497 e. The fraction of sp³-hybridized carbons (Fsp3) is 0.188. The van der Waals surface area contributed by atoms with Gasteiger partial charge in [0.15, 0.2) is 0 Å². The first-order valence-corrected chi connectivity index (χ1v) is 7.87. The van der Waals surface area contributed by atoms with Crippen molar-refractivity contribution >= 4 is 33.1 Å². The summed E-state index contributed by atoms with van der Waals surface area (Å²) in [7, 11) is 3.07. The Morgan fingerprint density at radius 3 is 2.75 bits per heavy atom. The monoisotopic (exact) mass is 345 g/mol. The number of amides is 1. The van der Waals surface area contributed by atoms with Gasteiger partial charge >= 0.3 is 0 Å². The molecule has 0 aliphatic carbocycles. The maximum atomic E-state index is 12.6. The van der Waals surface area contributed by atoms with Crippen LogP contribution in [-0.4, -0.2) is 30.1 Å². The number of aromatic amines is 1. The molecule has 0 aliphatic heterocycles. The lowest BCUT2D eigenvalue weighted by Gasteiger charge is -2.11. The van der Waals surface area contributed by atoms with E-state index in [0.29, 0.717) is 37.8 Å². The summed E-state index contributed by atoms with van der Waals surface area (Å²) >= 11 is 1.18. The van der Waals surface area contributed by atoms with Crippen LogP contribution in [0.2, 0.25) is 0 Å². The zero-order valence-electron chi connectivity index (χ0n) is 13.3. The Labute approximate surface area is 141 Å². The van der Waals surface area contributed by atoms with Crippen LogP contribution in [0.4, 0.5) is 5.69 Å². The maximum absolute atomic E-state index is 12.6. The van der Waals surface area contributed by atoms with Crippen LogP contribution in [0.5, 0.6) is 11.5 Å². The van der Waals surface area contributed by atoms with Crippen molar-refractivity contribution in [3.63, 3.8) is 0 Å². The van der Waals surface area contributed by atoms with E-state index in [4.69, 9.17) is 9.47 Å². The lowest BCUT2D eigenvalue weighted by Crippen LogP contribution is -2.13. The molecule has 2 aromatic heterocycles. The van der Waals surface area contributed by atoms with Crippen LogP contribution in [0.15, 0.2) is 29.3 Å². The predicted octanol–water partition coefficient (Wildman–Crippen LogP) is 2.56. The van der Waals surface area contributed by atoms with E-state index < -0.39 is 0 Å². The Kier molecular flexibility index (Phi) is 4.22. The Balaban J connectivity index is 1.98. The summed E-state index contributed by atoms with van der Waals surface area (Å²) in [4.78, 5) is 32.1. The van der Waals surface area contributed by atoms with Gasteiger partial charge in [0.25, 0.3) is 11.5 Å². The van der Waals surface area contributed by atoms with Crippen molar-refractivity contribution in [3.8, 4) is 11.5 Å². The topological polar surface area (TPSA) is 93.3 Å². The van der Waals surface area contributed by atoms with E-state index in [2.05, 4.69) is 15.3 Å². The molecule has 124 valence electrons. The van der Waals surface area contributed by atoms with Crippen molar-refractivity contribution in [2.75, 3.05) is 19.5 Å². The van der Waals surface area contributed by atoms with Gasteiger partial charge in [-0.1, -0.05) is 0 Å². The van der Waals surface area contributed by atoms with Gasteiger partial charge in [-0.15, -0.1) is 11.3 Å². The van der Waals surface area contributed by atoms with Crippen LogP contribution >= 0.6 is 11.3 Å². The van der Waals surface area contributed by atoms with E-state index in [-0.39, 0.29) is 11.5 Å². The number of anilines is 1. The molecule has 0 aliphatic rings. The third kappa shape index (κ3) is 2.71. The Hall–Kier alpha value is -2.87. The molecule has 7 nitrogen and oxygen atoms in total. The van der Waals surface area contributed by atoms with Crippen LogP contribution < -0.4 is 20.3 Å². The summed E-state index contributed by atoms with van der Waals surface area (Å²) in [6.45, 7) is 1.73. The third-order valence-electron chi connectivity index (χ3n) is 3.60. The second kappa shape index (κ2) is 6.32. The van der Waals surface area contributed by atoms with Crippen molar-refractivity contribution in [2.24, 2.45) is 0 Å². The molecule has 0 saturated heterocycles. The van der Waals surface area contributed by atoms with Crippen LogP contribution in [0.1, 0.15) is 15.2 Å². The number of hydrogen-bond donors (Lipinski definition) is 2. The normalized spacial score (nSPS) is 10.6. The first-order valence-electron chi connectivity index (χ1n) is 7.05. The average molecular weight is 345 g/mol. The van der Waals surface area contributed by atoms with Crippen LogP contribution in [0, 0.1) is 6.92 Å². The molecule has 3 aromatic rings. The summed E-state index contributed by atoms with van der Waals surface area (Å²) in [5.41, 5.74) is 0.867. The molecule has 1 aromatic carbocycles. The number of thiophene rings is 1. The summed E-state index contributed by atoms with van der Waals surface area (Å²) in [5, 5.41) is 3.24. The Morgan fingerprint density at radius 1 is 1.29 bits per heavy atom. The lowest BCUT2D eigenvalue weighted by atomic mass is 10.2. The highest BCUT2D eigenvalue weighted by Crippen LogP contribution is 2.31. The second-order valence-corrected chi connectivity index (χ2v) is 5.99. The smallest absolute Gasteiger partial charge is 0.266 e. The van der Waals surface area contributed by atoms with Crippen LogP contribution in [0.3, 0.4) is 0 Å². The molecule has 0 fully saturated rings. The van der Waals surface area contributed by atoms with Gasteiger partial charge in [-0.05, 0) is 24.6 Å². The minimum atomic E-state index is -0.321. The SMILES string of the molecule is COc1ccc(NC(=O)c2sc3nc[nH]c(=O)c3c2C)c(OC)c1. The van der Waals surface area contributed by atoms with Crippen LogP contribution in [0.25, 0.3) is 10.2 Å². The number of methoxy groups -OCH3 is 2. The number of carbonyl (C=O) groups is 1. The number of benzene rings is 1. The van der Waals surface area contributed by atoms with E-state index in [1.165, 1.54) is 24.8 Å². The highest BCUT2D eigenvalue weighted by atomic mass is 32.1. The molecular formula is C16H15N3O4S. The van der Waals surface area contributed by atoms with Gasteiger partial charge < -0.3 is 19.8 Å². The number of hydrogen-bond acceptors (Lipinski definition) is 6. The number of nitrogens with one attached hydrogen (secondary N) is 2. The number of aryl methyl sites for hydroxylation is 1. The third-order valence-corrected chi connectivity index (χ3v) is 4.79. The zero-order valence-corrected chi connectivity index (χ0v) is 14.1. The van der Waals surface area contributed by atoms with Crippen molar-refractivity contribution < 1.29 is 14.3 Å². The highest BCUT2D eigenvalue weighted by Gasteiger charge is 2.19. The summed E-state index contributed by atoms with van der Waals surface area (Å²) < 4.78 is 10.4. The van der Waals surface area contributed by atoms with E-state index in [1.807, 2.05) is 0 Å². The minimum absolute atomic E-state index is 0.255. The number of nitrogens with zero attached hydrogens (tertiary/aromatic N) is 1. The molecule has 2 N–H and O–H groups in total. The Morgan fingerprint density at radius 2 is 2.08 bits per heavy atom. The van der Waals surface area contributed by atoms with E-state index >= 15 is 0 Å². The number of ether oxygens (including phenoxy) is 2. The average Bonchev–Trinajstić information content (AvgIpc) is 2.93. The fourth-order valence-corrected chi connectivity index (χ4v) is 3.42. The molecule has 8 heteroatoms. The van der Waals surface area contributed by atoms with Crippen LogP contribution in [-0.2, 0) is 0 Å². The molecule has 0 atom stereocenters. The molecular weight excluding hydrogens is 330 g/mol. The van der Waals surface area contributed by atoms with Crippen molar-refractivity contribution in [1.82, 2.24) is 9.97 Å². The molecule has 0 unspecified atom stereocenters. The standard InChI is InChI=1S/C16H15N3O4S/c1-8-12-14(20)17-7-18-16(12)24-13(8)15(21)19-10-5-4-9(22-2)6-11(10)23-3/h4-7H,1-3H3,(H,19,21)(H,17,18,20). The van der Waals surface area contributed by atoms with Crippen molar-refractivity contribution in [1.29, 1.82) is 0 Å². The molecule has 0 saturated carbocycles. The van der Waals surface area contributed by atoms with Gasteiger partial charge in [0.2, 0.25) is 0 Å². The molecule has 2 heterocycles. The van der Waals surface area contributed by atoms with Gasteiger partial charge in [0, 0.05) is 6.07 Å². The zero-order chi connectivity index (χ0) is 17.3. The van der Waals surface area contributed by atoms with Gasteiger partial charge in [-0.25, -0.2) is 4.98 Å². The summed E-state index contributed by atoms with van der Waals surface area (Å²) in [6.07, 6.45) is 1.33. The molecule has 1 amide bonds. The first-order chi connectivity index (χ1) is 11.5. The summed E-state index contributed by atoms with van der Waals surface area (Å²) in [5.74, 6) is 0.787. The van der Waals surface area contributed by atoms with E-state index in [9.17, 15) is 9.59 Å². The lowest BCUT2D eigenvalue weighted by molar-refractivity contribution is 0.102. The first kappa shape index (κ1) is 16.0. The molecule has 0 spiro atoms. The highest BCUT2D eigenvalue weighted by molar-refractivity contribution is 7.20. The maximum Gasteiger partial charge on any atom is 0.266 e. The fourth-order valence-electron chi connectivity index (χ4n) is 2.38. The van der Waals surface area contributed by atoms with Gasteiger partial charge in [-0.2, -0.15) is 0 Å². The van der Waals surface area contributed by atoms with Gasteiger partial charge in [0.1, 0.15) is 16.3 Å². The molecule has 0 radical (unpaired) electrons. The van der Waals surface area contributed by atoms with Crippen molar-refractivity contribution in [3.05, 3.63) is 45.3 Å². The number of H-pyrrole nitrogens is 1. The number of aromatic nitrogens is 2. The van der Waals surface area contributed by atoms with E-state index in [0.717, 1.165) is 0 Å². The van der Waals surface area contributed by atoms with Gasteiger partial charge in [0.05, 0.1) is 36.5 Å². The number of carbonyl (C=O) groups excluding carboxylic acids is 1. The molecule has 24 heavy (non-hydrogen) atoms. The summed E-state index contributed by atoms with van der Waals surface area (Å²) in [6, 6.07) is 5.10. The second-order valence-electron chi connectivity index (χ2n) is 4.99. The predicted molar refractivity (Wildman–Crippen MR) is 92.5 cm³/mol. The largest absolute Gasteiger partial charge is 0.497 e. The number of rotatable bonds is 4. The van der Waals surface area contributed by atoms with Crippen molar-refractivity contribution in [2.45, 2.75) is 6.92 Å². The molecule has 3 rings (SSSR count). The number of fused-ring (bicyclic) bond motifs is 1. The van der Waals surface area contributed by atoms with Gasteiger partial charge in [-0.3, -0.25) is 9.59 Å². The Bertz CT molecular complexity index is 977. The molecule has 0 bridgehead atoms. The quantitative estimate of drug-likeness (QED) is 0.758.